The highest BCUT2D eigenvalue weighted by Gasteiger charge is 2.33. The molecule has 0 aliphatic heterocycles. The van der Waals surface area contributed by atoms with Crippen LogP contribution >= 0.6 is 15.9 Å². The smallest absolute Gasteiger partial charge is 0.275 e. The van der Waals surface area contributed by atoms with Gasteiger partial charge in [-0.1, -0.05) is 55.8 Å². The minimum absolute atomic E-state index is 0.00522. The van der Waals surface area contributed by atoms with Crippen LogP contribution in [0, 0.1) is 17.3 Å². The number of amides is 1. The molecule has 1 aromatic heterocycles. The molecule has 162 valence electrons. The van der Waals surface area contributed by atoms with E-state index < -0.39 is 6.04 Å². The van der Waals surface area contributed by atoms with E-state index in [1.54, 1.807) is 0 Å². The van der Waals surface area contributed by atoms with Crippen molar-refractivity contribution in [3.05, 3.63) is 44.8 Å². The number of carbonyl (C=O) groups is 1. The zero-order valence-electron chi connectivity index (χ0n) is 18.2. The molecule has 2 aromatic rings. The van der Waals surface area contributed by atoms with Gasteiger partial charge in [0.05, 0.1) is 6.04 Å². The summed E-state index contributed by atoms with van der Waals surface area (Å²) in [5, 5.41) is 11.4. The van der Waals surface area contributed by atoms with Gasteiger partial charge in [0.25, 0.3) is 5.56 Å². The van der Waals surface area contributed by atoms with Crippen LogP contribution in [0.3, 0.4) is 0 Å². The Labute approximate surface area is 186 Å². The Hall–Kier alpha value is -2.02. The van der Waals surface area contributed by atoms with Crippen molar-refractivity contribution in [1.29, 1.82) is 0 Å². The molecule has 1 heterocycles. The maximum atomic E-state index is 12.9. The predicted molar refractivity (Wildman–Crippen MR) is 122 cm³/mol. The van der Waals surface area contributed by atoms with Crippen molar-refractivity contribution in [2.45, 2.75) is 65.8 Å². The van der Waals surface area contributed by atoms with Crippen molar-refractivity contribution >= 4 is 21.8 Å². The summed E-state index contributed by atoms with van der Waals surface area (Å²) in [5.74, 6) is 1.09. The van der Waals surface area contributed by atoms with Gasteiger partial charge in [0.15, 0.2) is 11.5 Å². The zero-order chi connectivity index (χ0) is 21.9. The van der Waals surface area contributed by atoms with Crippen LogP contribution in [0.1, 0.15) is 71.5 Å². The van der Waals surface area contributed by atoms with Gasteiger partial charge in [-0.05, 0) is 55.6 Å². The number of carbonyl (C=O) groups excluding carboxylic acids is 1. The van der Waals surface area contributed by atoms with Crippen molar-refractivity contribution in [2.75, 3.05) is 0 Å². The Morgan fingerprint density at radius 3 is 2.50 bits per heavy atom. The Morgan fingerprint density at radius 1 is 1.23 bits per heavy atom. The molecule has 1 fully saturated rings. The van der Waals surface area contributed by atoms with Crippen LogP contribution in [-0.2, 0) is 4.79 Å². The Balaban J connectivity index is 1.69. The van der Waals surface area contributed by atoms with Gasteiger partial charge in [0.2, 0.25) is 5.91 Å². The van der Waals surface area contributed by atoms with Crippen molar-refractivity contribution in [3.63, 3.8) is 0 Å². The van der Waals surface area contributed by atoms with Crippen molar-refractivity contribution in [2.24, 2.45) is 17.3 Å². The number of halogens is 1. The van der Waals surface area contributed by atoms with E-state index >= 15 is 0 Å². The summed E-state index contributed by atoms with van der Waals surface area (Å²) >= 11 is 3.42. The molecule has 0 spiro atoms. The van der Waals surface area contributed by atoms with E-state index in [2.05, 4.69) is 57.2 Å². The first-order valence-corrected chi connectivity index (χ1v) is 11.5. The third-order valence-electron chi connectivity index (χ3n) is 6.20. The Morgan fingerprint density at radius 2 is 1.93 bits per heavy atom. The standard InChI is InChI=1S/C23H31BrN4O2/c1-5-18(25-21(29)14-9-11-16(12-10-14)23(2,3)4)19-22(30)26-20(28-27-19)15-7-6-8-17(24)13-15/h6-8,13-14,16,18H,5,9-12H2,1-4H3,(H,25,29)(H,26,28,30). The Bertz CT molecular complexity index is 943. The maximum absolute atomic E-state index is 12.9. The van der Waals surface area contributed by atoms with E-state index in [1.165, 1.54) is 0 Å². The average molecular weight is 475 g/mol. The lowest BCUT2D eigenvalue weighted by Gasteiger charge is -2.36. The summed E-state index contributed by atoms with van der Waals surface area (Å²) in [5.41, 5.74) is 0.997. The molecule has 1 atom stereocenters. The van der Waals surface area contributed by atoms with E-state index in [9.17, 15) is 9.59 Å². The molecule has 30 heavy (non-hydrogen) atoms. The van der Waals surface area contributed by atoms with E-state index in [0.717, 1.165) is 35.7 Å². The molecular formula is C23H31BrN4O2. The maximum Gasteiger partial charge on any atom is 0.275 e. The summed E-state index contributed by atoms with van der Waals surface area (Å²) in [6, 6.07) is 7.06. The first kappa shape index (κ1) is 22.7. The second-order valence-electron chi connectivity index (χ2n) is 9.28. The highest BCUT2D eigenvalue weighted by molar-refractivity contribution is 9.10. The molecule has 1 aliphatic carbocycles. The molecule has 7 heteroatoms. The molecule has 0 saturated heterocycles. The van der Waals surface area contributed by atoms with Gasteiger partial charge in [-0.2, -0.15) is 0 Å². The van der Waals surface area contributed by atoms with Gasteiger partial charge in [0.1, 0.15) is 0 Å². The number of rotatable bonds is 5. The molecule has 1 aromatic carbocycles. The molecule has 2 N–H and O–H groups in total. The first-order valence-electron chi connectivity index (χ1n) is 10.7. The normalized spacial score (nSPS) is 20.6. The summed E-state index contributed by atoms with van der Waals surface area (Å²) in [4.78, 5) is 28.4. The van der Waals surface area contributed by atoms with Crippen molar-refractivity contribution < 1.29 is 4.79 Å². The van der Waals surface area contributed by atoms with Crippen LogP contribution in [0.5, 0.6) is 0 Å². The van der Waals surface area contributed by atoms with Crippen LogP contribution < -0.4 is 10.9 Å². The largest absolute Gasteiger partial charge is 0.347 e. The third-order valence-corrected chi connectivity index (χ3v) is 6.69. The van der Waals surface area contributed by atoms with Crippen LogP contribution in [0.25, 0.3) is 11.4 Å². The number of benzene rings is 1. The van der Waals surface area contributed by atoms with Gasteiger partial charge in [-0.15, -0.1) is 10.2 Å². The lowest BCUT2D eigenvalue weighted by atomic mass is 9.69. The van der Waals surface area contributed by atoms with E-state index in [4.69, 9.17) is 0 Å². The predicted octanol–water partition coefficient (Wildman–Crippen LogP) is 5.01. The number of nitrogens with one attached hydrogen (secondary N) is 2. The van der Waals surface area contributed by atoms with Crippen LogP contribution in [-0.4, -0.2) is 21.1 Å². The summed E-state index contributed by atoms with van der Waals surface area (Å²) < 4.78 is 0.895. The monoisotopic (exact) mass is 474 g/mol. The van der Waals surface area contributed by atoms with Gasteiger partial charge >= 0.3 is 0 Å². The lowest BCUT2D eigenvalue weighted by molar-refractivity contribution is -0.127. The lowest BCUT2D eigenvalue weighted by Crippen LogP contribution is -2.39. The molecule has 1 saturated carbocycles. The molecule has 1 aliphatic rings. The molecule has 6 nitrogen and oxygen atoms in total. The summed E-state index contributed by atoms with van der Waals surface area (Å²) in [7, 11) is 0. The second kappa shape index (κ2) is 9.41. The van der Waals surface area contributed by atoms with Crippen LogP contribution in [0.4, 0.5) is 0 Å². The highest BCUT2D eigenvalue weighted by Crippen LogP contribution is 2.40. The molecule has 0 radical (unpaired) electrons. The molecule has 1 unspecified atom stereocenters. The minimum Gasteiger partial charge on any atom is -0.347 e. The Kier molecular flexibility index (Phi) is 7.11. The first-order chi connectivity index (χ1) is 14.2. The molecule has 3 rings (SSSR count). The number of hydrogen-bond donors (Lipinski definition) is 2. The fraction of sp³-hybridized carbons (Fsp3) is 0.565. The van der Waals surface area contributed by atoms with Crippen molar-refractivity contribution in [1.82, 2.24) is 20.5 Å². The third kappa shape index (κ3) is 5.36. The van der Waals surface area contributed by atoms with E-state index in [0.29, 0.717) is 18.2 Å². The molecule has 1 amide bonds. The van der Waals surface area contributed by atoms with Gasteiger partial charge in [-0.25, -0.2) is 0 Å². The van der Waals surface area contributed by atoms with Gasteiger partial charge in [0, 0.05) is 16.0 Å². The number of aromatic nitrogens is 3. The van der Waals surface area contributed by atoms with Crippen LogP contribution in [0.15, 0.2) is 33.5 Å². The van der Waals surface area contributed by atoms with E-state index in [-0.39, 0.29) is 28.5 Å². The van der Waals surface area contributed by atoms with Crippen LogP contribution in [0.2, 0.25) is 0 Å². The number of aromatic amines is 1. The number of hydrogen-bond acceptors (Lipinski definition) is 4. The fourth-order valence-corrected chi connectivity index (χ4v) is 4.61. The number of H-pyrrole nitrogens is 1. The van der Waals surface area contributed by atoms with E-state index in [1.807, 2.05) is 31.2 Å². The second-order valence-corrected chi connectivity index (χ2v) is 10.2. The topological polar surface area (TPSA) is 87.7 Å². The average Bonchev–Trinajstić information content (AvgIpc) is 2.71. The molecule has 0 bridgehead atoms. The summed E-state index contributed by atoms with van der Waals surface area (Å²) in [6.45, 7) is 8.75. The highest BCUT2D eigenvalue weighted by atomic mass is 79.9. The van der Waals surface area contributed by atoms with Gasteiger partial charge < -0.3 is 10.3 Å². The SMILES string of the molecule is CCC(NC(=O)C1CCC(C(C)(C)C)CC1)c1nnc(-c2cccc(Br)c2)[nH]c1=O. The minimum atomic E-state index is -0.439. The molecular weight excluding hydrogens is 444 g/mol. The van der Waals surface area contributed by atoms with Gasteiger partial charge in [-0.3, -0.25) is 9.59 Å². The number of nitrogens with zero attached hydrogens (tertiary/aromatic N) is 2. The quantitative estimate of drug-likeness (QED) is 0.636. The zero-order valence-corrected chi connectivity index (χ0v) is 19.8. The fourth-order valence-electron chi connectivity index (χ4n) is 4.21. The summed E-state index contributed by atoms with van der Waals surface area (Å²) in [6.07, 6.45) is 4.51. The van der Waals surface area contributed by atoms with Crippen molar-refractivity contribution in [3.8, 4) is 11.4 Å².